The van der Waals surface area contributed by atoms with Gasteiger partial charge in [-0.2, -0.15) is 0 Å². The van der Waals surface area contributed by atoms with Crippen molar-refractivity contribution in [2.75, 3.05) is 33.8 Å². The van der Waals surface area contributed by atoms with Crippen LogP contribution in [0.1, 0.15) is 32.6 Å². The molecule has 124 valence electrons. The number of hydrogen-bond donors (Lipinski definition) is 0. The smallest absolute Gasteiger partial charge is 0.310 e. The molecule has 0 spiro atoms. The first-order valence-electron chi connectivity index (χ1n) is 8.62. The van der Waals surface area contributed by atoms with E-state index < -0.39 is 0 Å². The Kier molecular flexibility index (Phi) is 4.19. The van der Waals surface area contributed by atoms with Gasteiger partial charge in [0.2, 0.25) is 0 Å². The Morgan fingerprint density at radius 2 is 2.09 bits per heavy atom. The van der Waals surface area contributed by atoms with Gasteiger partial charge in [0.15, 0.2) is 0 Å². The number of esters is 2. The van der Waals surface area contributed by atoms with Crippen molar-refractivity contribution in [3.05, 3.63) is 0 Å². The maximum atomic E-state index is 12.4. The van der Waals surface area contributed by atoms with E-state index in [1.807, 2.05) is 0 Å². The molecule has 0 radical (unpaired) electrons. The van der Waals surface area contributed by atoms with Gasteiger partial charge in [0.1, 0.15) is 19.3 Å². The maximum Gasteiger partial charge on any atom is 0.310 e. The topological polar surface area (TPSA) is 52.6 Å². The molecule has 1 heterocycles. The number of carbonyl (C=O) groups excluding carboxylic acids is 2. The van der Waals surface area contributed by atoms with Crippen molar-refractivity contribution in [3.63, 3.8) is 0 Å². The Bertz CT molecular complexity index is 460. The van der Waals surface area contributed by atoms with Crippen molar-refractivity contribution in [2.24, 2.45) is 23.7 Å². The third kappa shape index (κ3) is 2.75. The van der Waals surface area contributed by atoms with Crippen LogP contribution in [-0.2, 0) is 19.1 Å². The summed E-state index contributed by atoms with van der Waals surface area (Å²) in [6.07, 6.45) is 4.25. The van der Waals surface area contributed by atoms with Gasteiger partial charge in [-0.3, -0.25) is 9.59 Å². The first-order valence-corrected chi connectivity index (χ1v) is 8.62. The largest absolute Gasteiger partial charge is 0.462 e. The van der Waals surface area contributed by atoms with Gasteiger partial charge in [0.05, 0.1) is 32.5 Å². The number of ether oxygens (including phenoxy) is 2. The second kappa shape index (κ2) is 5.84. The van der Waals surface area contributed by atoms with Gasteiger partial charge in [0, 0.05) is 5.92 Å². The SMILES string of the molecule is CCCC[N+](C)(C)CCOC(=O)C1C2CC3OC(=O)C1C3C2. The van der Waals surface area contributed by atoms with Gasteiger partial charge < -0.3 is 14.0 Å². The van der Waals surface area contributed by atoms with E-state index in [1.165, 1.54) is 12.8 Å². The predicted octanol–water partition coefficient (Wildman–Crippen LogP) is 1.60. The van der Waals surface area contributed by atoms with E-state index in [0.29, 0.717) is 12.5 Å². The summed E-state index contributed by atoms with van der Waals surface area (Å²) in [4.78, 5) is 24.4. The number of fused-ring (bicyclic) bond motifs is 1. The molecule has 1 saturated heterocycles. The van der Waals surface area contributed by atoms with Crippen LogP contribution in [0.4, 0.5) is 0 Å². The number of nitrogens with zero attached hydrogens (tertiary/aromatic N) is 1. The van der Waals surface area contributed by atoms with Crippen molar-refractivity contribution in [3.8, 4) is 0 Å². The van der Waals surface area contributed by atoms with Crippen molar-refractivity contribution >= 4 is 11.9 Å². The van der Waals surface area contributed by atoms with Crippen molar-refractivity contribution in [1.82, 2.24) is 0 Å². The monoisotopic (exact) mass is 310 g/mol. The number of likely N-dealkylation sites (N-methyl/N-ethyl adjacent to an activating group) is 1. The van der Waals surface area contributed by atoms with Crippen LogP contribution in [-0.4, -0.2) is 56.3 Å². The lowest BCUT2D eigenvalue weighted by atomic mass is 9.80. The third-order valence-corrected chi connectivity index (χ3v) is 5.81. The van der Waals surface area contributed by atoms with E-state index >= 15 is 0 Å². The van der Waals surface area contributed by atoms with Gasteiger partial charge in [-0.05, 0) is 25.2 Å². The predicted molar refractivity (Wildman–Crippen MR) is 80.8 cm³/mol. The zero-order valence-electron chi connectivity index (χ0n) is 13.9. The maximum absolute atomic E-state index is 12.4. The molecule has 5 heteroatoms. The van der Waals surface area contributed by atoms with Crippen LogP contribution in [0.25, 0.3) is 0 Å². The molecule has 3 aliphatic rings. The molecule has 0 amide bonds. The molecule has 5 atom stereocenters. The molecule has 2 aliphatic carbocycles. The third-order valence-electron chi connectivity index (χ3n) is 5.81. The van der Waals surface area contributed by atoms with Crippen LogP contribution >= 0.6 is 0 Å². The molecule has 5 unspecified atom stereocenters. The average Bonchev–Trinajstić information content (AvgIpc) is 3.06. The van der Waals surface area contributed by atoms with Gasteiger partial charge >= 0.3 is 11.9 Å². The fourth-order valence-corrected chi connectivity index (χ4v) is 4.51. The van der Waals surface area contributed by atoms with Crippen LogP contribution in [0.5, 0.6) is 0 Å². The lowest BCUT2D eigenvalue weighted by Gasteiger charge is -2.30. The number of hydrogen-bond acceptors (Lipinski definition) is 4. The Hall–Kier alpha value is -1.10. The minimum atomic E-state index is -0.248. The highest BCUT2D eigenvalue weighted by atomic mass is 16.6. The summed E-state index contributed by atoms with van der Waals surface area (Å²) in [6, 6.07) is 0. The van der Waals surface area contributed by atoms with Crippen LogP contribution in [0.15, 0.2) is 0 Å². The fourth-order valence-electron chi connectivity index (χ4n) is 4.51. The number of rotatable bonds is 7. The molecule has 0 N–H and O–H groups in total. The average molecular weight is 310 g/mol. The minimum Gasteiger partial charge on any atom is -0.462 e. The summed E-state index contributed by atoms with van der Waals surface area (Å²) >= 11 is 0. The van der Waals surface area contributed by atoms with Gasteiger partial charge in [-0.15, -0.1) is 0 Å². The van der Waals surface area contributed by atoms with Crippen LogP contribution in [0.3, 0.4) is 0 Å². The number of quaternary nitrogens is 1. The molecule has 5 nitrogen and oxygen atoms in total. The van der Waals surface area contributed by atoms with Gasteiger partial charge in [0.25, 0.3) is 0 Å². The van der Waals surface area contributed by atoms with E-state index in [9.17, 15) is 9.59 Å². The van der Waals surface area contributed by atoms with E-state index in [1.54, 1.807) is 0 Å². The van der Waals surface area contributed by atoms with Crippen molar-refractivity contribution < 1.29 is 23.5 Å². The second-order valence-electron chi connectivity index (χ2n) is 7.83. The molecule has 3 fully saturated rings. The molecule has 2 saturated carbocycles. The highest BCUT2D eigenvalue weighted by molar-refractivity contribution is 5.85. The lowest BCUT2D eigenvalue weighted by Crippen LogP contribution is -2.44. The standard InChI is InChI=1S/C17H28NO4/c1-4-5-6-18(2,3)7-8-21-16(19)14-11-9-12-13(10-11)22-17(20)15(12)14/h11-15H,4-10H2,1-3H3/q+1. The Morgan fingerprint density at radius 1 is 1.32 bits per heavy atom. The summed E-state index contributed by atoms with van der Waals surface area (Å²) in [6.45, 7) is 4.54. The molecule has 0 aromatic rings. The van der Waals surface area contributed by atoms with Crippen molar-refractivity contribution in [2.45, 2.75) is 38.7 Å². The Morgan fingerprint density at radius 3 is 2.82 bits per heavy atom. The summed E-state index contributed by atoms with van der Waals surface area (Å²) in [5, 5.41) is 0. The Labute approximate surface area is 132 Å². The lowest BCUT2D eigenvalue weighted by molar-refractivity contribution is -0.890. The van der Waals surface area contributed by atoms with Crippen LogP contribution < -0.4 is 0 Å². The minimum absolute atomic E-state index is 0.0798. The zero-order chi connectivity index (χ0) is 15.9. The fraction of sp³-hybridized carbons (Fsp3) is 0.882. The van der Waals surface area contributed by atoms with Crippen LogP contribution in [0, 0.1) is 23.7 Å². The molecule has 2 bridgehead atoms. The quantitative estimate of drug-likeness (QED) is 0.529. The summed E-state index contributed by atoms with van der Waals surface area (Å²) in [7, 11) is 4.33. The highest BCUT2D eigenvalue weighted by Crippen LogP contribution is 2.57. The molecule has 0 aromatic carbocycles. The highest BCUT2D eigenvalue weighted by Gasteiger charge is 2.64. The molecular weight excluding hydrogens is 282 g/mol. The molecule has 3 rings (SSSR count). The van der Waals surface area contributed by atoms with E-state index in [0.717, 1.165) is 30.4 Å². The van der Waals surface area contributed by atoms with Crippen molar-refractivity contribution in [1.29, 1.82) is 0 Å². The number of carbonyl (C=O) groups is 2. The van der Waals surface area contributed by atoms with E-state index in [4.69, 9.17) is 9.47 Å². The van der Waals surface area contributed by atoms with E-state index in [-0.39, 0.29) is 35.8 Å². The number of unbranched alkanes of at least 4 members (excludes halogenated alkanes) is 1. The molecule has 22 heavy (non-hydrogen) atoms. The normalized spacial score (nSPS) is 35.8. The summed E-state index contributed by atoms with van der Waals surface area (Å²) in [5.41, 5.74) is 0. The van der Waals surface area contributed by atoms with Crippen LogP contribution in [0.2, 0.25) is 0 Å². The second-order valence-corrected chi connectivity index (χ2v) is 7.83. The Balaban J connectivity index is 1.50. The molecule has 1 aliphatic heterocycles. The first kappa shape index (κ1) is 15.8. The zero-order valence-corrected chi connectivity index (χ0v) is 13.9. The van der Waals surface area contributed by atoms with Gasteiger partial charge in [-0.25, -0.2) is 0 Å². The van der Waals surface area contributed by atoms with E-state index in [2.05, 4.69) is 21.0 Å². The summed E-state index contributed by atoms with van der Waals surface area (Å²) < 4.78 is 11.8. The molecular formula is C17H28NO4+. The van der Waals surface area contributed by atoms with Gasteiger partial charge in [-0.1, -0.05) is 13.3 Å². The first-order chi connectivity index (χ1) is 10.4. The summed E-state index contributed by atoms with van der Waals surface area (Å²) in [5.74, 6) is -0.254. The molecule has 0 aromatic heterocycles.